The number of anilines is 1. The molecule has 0 saturated heterocycles. The molecule has 0 radical (unpaired) electrons. The van der Waals surface area contributed by atoms with Gasteiger partial charge in [0, 0.05) is 35.2 Å². The number of Topliss-reactive ketones (excluding diaryl/α,β-unsaturated/α-hetero) is 1. The first kappa shape index (κ1) is 42.5. The minimum atomic E-state index is -2.00. The Labute approximate surface area is 371 Å². The van der Waals surface area contributed by atoms with Crippen molar-refractivity contribution in [3.05, 3.63) is 133 Å². The summed E-state index contributed by atoms with van der Waals surface area (Å²) < 4.78 is 4.44. The van der Waals surface area contributed by atoms with Gasteiger partial charge in [0.05, 0.1) is 17.9 Å². The topological polar surface area (TPSA) is 107 Å². The number of fused-ring (bicyclic) bond motifs is 3. The van der Waals surface area contributed by atoms with Gasteiger partial charge in [-0.2, -0.15) is 0 Å². The summed E-state index contributed by atoms with van der Waals surface area (Å²) in [5.41, 5.74) is 2.24. The second-order valence-electron chi connectivity index (χ2n) is 13.0. The maximum atomic E-state index is 14.0. The fourth-order valence-corrected chi connectivity index (χ4v) is 9.38. The molecule has 0 amide bonds. The minimum absolute atomic E-state index is 0.0808. The van der Waals surface area contributed by atoms with E-state index < -0.39 is 13.6 Å². The van der Waals surface area contributed by atoms with Crippen LogP contribution in [0.3, 0.4) is 0 Å². The Bertz CT molecular complexity index is 2670. The Kier molecular flexibility index (Phi) is 13.1. The van der Waals surface area contributed by atoms with Crippen LogP contribution in [0.1, 0.15) is 58.6 Å². The number of ketones is 1. The highest BCUT2D eigenvalue weighted by atomic mass is 35.6. The summed E-state index contributed by atoms with van der Waals surface area (Å²) in [6.45, 7) is 3.17. The normalized spacial score (nSPS) is 14.3. The summed E-state index contributed by atoms with van der Waals surface area (Å²) in [4.78, 5) is 55.7. The Morgan fingerprint density at radius 1 is 0.776 bits per heavy atom. The van der Waals surface area contributed by atoms with Gasteiger partial charge in [-0.15, -0.1) is 11.3 Å². The van der Waals surface area contributed by atoms with E-state index in [9.17, 15) is 14.4 Å². The summed E-state index contributed by atoms with van der Waals surface area (Å²) in [6, 6.07) is 27.8. The number of carbonyl (C=O) groups is 2. The Morgan fingerprint density at radius 2 is 1.45 bits per heavy atom. The highest BCUT2D eigenvalue weighted by Crippen LogP contribution is 2.50. The van der Waals surface area contributed by atoms with Crippen LogP contribution in [0.15, 0.2) is 101 Å². The second kappa shape index (κ2) is 17.9. The van der Waals surface area contributed by atoms with Crippen molar-refractivity contribution in [1.82, 2.24) is 19.5 Å². The lowest BCUT2D eigenvalue weighted by Crippen LogP contribution is -2.34. The van der Waals surface area contributed by atoms with Crippen molar-refractivity contribution in [2.24, 2.45) is 0 Å². The molecule has 0 fully saturated rings. The molecule has 3 heterocycles. The van der Waals surface area contributed by atoms with Gasteiger partial charge in [0.15, 0.2) is 23.3 Å². The minimum Gasteiger partial charge on any atom is -0.462 e. The average Bonchev–Trinajstić information content (AvgIpc) is 3.74. The molecule has 6 aromatic rings. The summed E-state index contributed by atoms with van der Waals surface area (Å²) >= 11 is 38.9. The number of rotatable bonds is 11. The van der Waals surface area contributed by atoms with Crippen molar-refractivity contribution < 1.29 is 14.3 Å². The lowest BCUT2D eigenvalue weighted by molar-refractivity contribution is 0.0498. The number of alkyl halides is 6. The molecule has 0 atom stereocenters. The van der Waals surface area contributed by atoms with Crippen LogP contribution < -0.4 is 19.7 Å². The Balaban J connectivity index is 1.05. The molecule has 0 spiro atoms. The lowest BCUT2D eigenvalue weighted by atomic mass is 10.1. The maximum Gasteiger partial charge on any atom is 0.338 e. The van der Waals surface area contributed by atoms with Crippen molar-refractivity contribution in [1.29, 1.82) is 0 Å². The molecule has 298 valence electrons. The molecule has 58 heavy (non-hydrogen) atoms. The van der Waals surface area contributed by atoms with Crippen LogP contribution in [0, 0.1) is 0 Å². The molecule has 0 bridgehead atoms. The van der Waals surface area contributed by atoms with Gasteiger partial charge in [-0.25, -0.2) is 19.7 Å². The molecule has 0 saturated carbocycles. The van der Waals surface area contributed by atoms with Crippen LogP contribution in [-0.2, 0) is 18.9 Å². The molecule has 0 aliphatic carbocycles. The van der Waals surface area contributed by atoms with E-state index in [4.69, 9.17) is 74.3 Å². The summed E-state index contributed by atoms with van der Waals surface area (Å²) in [7, 11) is 0. The molecular formula is C41H31Cl6N5O4S2. The van der Waals surface area contributed by atoms with E-state index in [-0.39, 0.29) is 35.4 Å². The standard InChI is InChI=1S/C41H31Cl6N5O4S2/c1-2-51-31(23-30(53)25-12-5-3-6-13-25)57-33(35(51)54)36-52(29-20-19-24-11-7-8-14-28(24)32(29)58-36)21-9-4-10-22-56-37(55)27-17-15-26(16-18-27)34-48-38(40(42,43)44)50-39(49-34)41(45,46)47/h3,5-8,11-20,23H,2,4,9-10,21-22H2,1H3. The third kappa shape index (κ3) is 9.37. The van der Waals surface area contributed by atoms with Gasteiger partial charge in [0.25, 0.3) is 5.56 Å². The van der Waals surface area contributed by atoms with Crippen molar-refractivity contribution in [2.45, 2.75) is 45.2 Å². The first-order chi connectivity index (χ1) is 27.7. The number of ether oxygens (including phenoxy) is 1. The third-order valence-corrected chi connectivity index (χ3v) is 12.6. The first-order valence-electron chi connectivity index (χ1n) is 17.9. The SMILES string of the molecule is CCn1c(=CC(=O)c2ccccc2)sc(=C2Sc3c(ccc4ccccc34)N2CCCCCOC(=O)c2ccc(-c3nc(C(Cl)(Cl)Cl)nc(C(Cl)(Cl)Cl)n3)cc2)c1=O. The average molecular weight is 935 g/mol. The summed E-state index contributed by atoms with van der Waals surface area (Å²) in [6.07, 6.45) is 3.70. The van der Waals surface area contributed by atoms with Gasteiger partial charge < -0.3 is 9.64 Å². The van der Waals surface area contributed by atoms with Gasteiger partial charge in [-0.05, 0) is 55.2 Å². The van der Waals surface area contributed by atoms with Gasteiger partial charge in [-0.1, -0.05) is 154 Å². The number of hydrogen-bond acceptors (Lipinski definition) is 10. The highest BCUT2D eigenvalue weighted by Gasteiger charge is 2.34. The first-order valence-corrected chi connectivity index (χ1v) is 21.8. The quantitative estimate of drug-likeness (QED) is 0.0543. The zero-order valence-electron chi connectivity index (χ0n) is 30.4. The highest BCUT2D eigenvalue weighted by molar-refractivity contribution is 8.09. The predicted molar refractivity (Wildman–Crippen MR) is 237 cm³/mol. The van der Waals surface area contributed by atoms with Crippen molar-refractivity contribution in [3.63, 3.8) is 0 Å². The van der Waals surface area contributed by atoms with Gasteiger partial charge in [0.2, 0.25) is 7.59 Å². The van der Waals surface area contributed by atoms with Crippen molar-refractivity contribution >= 4 is 132 Å². The molecule has 9 nitrogen and oxygen atoms in total. The molecule has 17 heteroatoms. The third-order valence-electron chi connectivity index (χ3n) is 9.11. The van der Waals surface area contributed by atoms with Gasteiger partial charge in [0.1, 0.15) is 14.2 Å². The van der Waals surface area contributed by atoms with Crippen LogP contribution in [0.4, 0.5) is 5.69 Å². The summed E-state index contributed by atoms with van der Waals surface area (Å²) in [5, 5.41) is 3.06. The number of benzene rings is 4. The van der Waals surface area contributed by atoms with E-state index in [0.29, 0.717) is 45.4 Å². The van der Waals surface area contributed by atoms with Gasteiger partial charge in [-0.3, -0.25) is 14.2 Å². The lowest BCUT2D eigenvalue weighted by Gasteiger charge is -2.20. The number of hydrogen-bond donors (Lipinski definition) is 0. The van der Waals surface area contributed by atoms with Crippen molar-refractivity contribution in [2.75, 3.05) is 18.1 Å². The monoisotopic (exact) mass is 931 g/mol. The number of aromatic nitrogens is 4. The molecule has 0 N–H and O–H groups in total. The number of unbranched alkanes of at least 4 members (excludes halogenated alkanes) is 2. The molecule has 7 rings (SSSR count). The predicted octanol–water partition coefficient (Wildman–Crippen LogP) is 9.96. The van der Waals surface area contributed by atoms with E-state index in [2.05, 4.69) is 44.1 Å². The second-order valence-corrected chi connectivity index (χ2v) is 19.6. The van der Waals surface area contributed by atoms with E-state index in [1.165, 1.54) is 11.3 Å². The molecule has 1 aliphatic rings. The number of thiazole rings is 1. The molecule has 0 unspecified atom stereocenters. The van der Waals surface area contributed by atoms with E-state index in [0.717, 1.165) is 39.2 Å². The fraction of sp³-hybridized carbons (Fsp3) is 0.220. The number of thioether (sulfide) groups is 1. The van der Waals surface area contributed by atoms with E-state index >= 15 is 0 Å². The number of halogens is 6. The zero-order valence-corrected chi connectivity index (χ0v) is 36.6. The van der Waals surface area contributed by atoms with Crippen LogP contribution in [0.2, 0.25) is 0 Å². The number of esters is 1. The van der Waals surface area contributed by atoms with Crippen LogP contribution in [0.25, 0.3) is 33.3 Å². The molecule has 4 aromatic carbocycles. The Morgan fingerprint density at radius 3 is 2.12 bits per heavy atom. The molecular weight excluding hydrogens is 903 g/mol. The smallest absolute Gasteiger partial charge is 0.338 e. The van der Waals surface area contributed by atoms with Crippen LogP contribution in [0.5, 0.6) is 0 Å². The maximum absolute atomic E-state index is 14.0. The summed E-state index contributed by atoms with van der Waals surface area (Å²) in [5.74, 6) is -1.03. The molecule has 2 aromatic heterocycles. The van der Waals surface area contributed by atoms with E-state index in [1.54, 1.807) is 58.8 Å². The Hall–Kier alpha value is -3.65. The van der Waals surface area contributed by atoms with Crippen LogP contribution in [-0.4, -0.2) is 44.4 Å². The zero-order chi connectivity index (χ0) is 41.2. The molecule has 1 aliphatic heterocycles. The van der Waals surface area contributed by atoms with E-state index in [1.807, 2.05) is 37.3 Å². The number of carbonyl (C=O) groups excluding carboxylic acids is 2. The fourth-order valence-electron chi connectivity index (χ4n) is 6.28. The van der Waals surface area contributed by atoms with Crippen molar-refractivity contribution in [3.8, 4) is 11.4 Å². The van der Waals surface area contributed by atoms with Gasteiger partial charge >= 0.3 is 5.97 Å². The largest absolute Gasteiger partial charge is 0.462 e. The van der Waals surface area contributed by atoms with Crippen LogP contribution >= 0.6 is 92.7 Å². The number of nitrogens with zero attached hydrogens (tertiary/aromatic N) is 5.